The van der Waals surface area contributed by atoms with Gasteiger partial charge in [-0.3, -0.25) is 4.79 Å². The van der Waals surface area contributed by atoms with Crippen molar-refractivity contribution in [1.29, 1.82) is 0 Å². The van der Waals surface area contributed by atoms with Gasteiger partial charge in [-0.15, -0.1) is 0 Å². The fourth-order valence-electron chi connectivity index (χ4n) is 0.884. The number of aliphatic carboxylic acids is 1. The highest BCUT2D eigenvalue weighted by atomic mass is 16.4. The number of aliphatic hydroxyl groups is 2. The first-order valence-corrected chi connectivity index (χ1v) is 4.32. The Morgan fingerprint density at radius 1 is 0.846 bits per heavy atom. The van der Waals surface area contributed by atoms with E-state index in [-0.39, 0.29) is 0 Å². The van der Waals surface area contributed by atoms with Crippen molar-refractivity contribution in [1.82, 2.24) is 0 Å². The maximum absolute atomic E-state index is 9.00. The fourth-order valence-corrected chi connectivity index (χ4v) is 0.884. The minimum Gasteiger partial charge on any atom is -0.481 e. The van der Waals surface area contributed by atoms with Crippen LogP contribution in [0.25, 0.3) is 0 Å². The molecule has 0 amide bonds. The van der Waals surface area contributed by atoms with Gasteiger partial charge in [0.15, 0.2) is 0 Å². The van der Waals surface area contributed by atoms with Gasteiger partial charge < -0.3 is 15.3 Å². The molecule has 0 atom stereocenters. The smallest absolute Gasteiger partial charge is 0.300 e. The zero-order chi connectivity index (χ0) is 11.1. The molecule has 1 aliphatic rings. The zero-order valence-electron chi connectivity index (χ0n) is 8.79. The third-order valence-electron chi connectivity index (χ3n) is 1.25. The van der Waals surface area contributed by atoms with Gasteiger partial charge in [0.2, 0.25) is 0 Å². The molecule has 0 bridgehead atoms. The van der Waals surface area contributed by atoms with Gasteiger partial charge in [0.05, 0.1) is 0 Å². The van der Waals surface area contributed by atoms with Crippen molar-refractivity contribution < 1.29 is 20.1 Å². The second kappa shape index (κ2) is 22.5. The lowest BCUT2D eigenvalue weighted by molar-refractivity contribution is -0.134. The van der Waals surface area contributed by atoms with Gasteiger partial charge in [0.1, 0.15) is 0 Å². The average Bonchev–Trinajstić information content (AvgIpc) is 2.67. The van der Waals surface area contributed by atoms with Crippen molar-refractivity contribution in [3.63, 3.8) is 0 Å². The summed E-state index contributed by atoms with van der Waals surface area (Å²) in [5.41, 5.74) is 0. The van der Waals surface area contributed by atoms with Crippen molar-refractivity contribution in [3.8, 4) is 0 Å². The molecule has 1 fully saturated rings. The molecule has 0 radical (unpaired) electrons. The van der Waals surface area contributed by atoms with Crippen molar-refractivity contribution in [3.05, 3.63) is 0 Å². The molecular formula is C9H22O4. The van der Waals surface area contributed by atoms with Gasteiger partial charge in [-0.25, -0.2) is 0 Å². The molecule has 1 aliphatic carbocycles. The topological polar surface area (TPSA) is 77.8 Å². The summed E-state index contributed by atoms with van der Waals surface area (Å²) in [5.74, 6) is -0.833. The number of hydrogen-bond donors (Lipinski definition) is 3. The molecule has 4 heteroatoms. The minimum absolute atomic E-state index is 0.833. The maximum atomic E-state index is 9.00. The average molecular weight is 194 g/mol. The van der Waals surface area contributed by atoms with Crippen LogP contribution in [0.5, 0.6) is 0 Å². The second-order valence-electron chi connectivity index (χ2n) is 2.29. The van der Waals surface area contributed by atoms with Crippen LogP contribution < -0.4 is 0 Å². The number of hydrogen-bond acceptors (Lipinski definition) is 3. The molecule has 0 heterocycles. The Bertz CT molecular complexity index is 68.1. The largest absolute Gasteiger partial charge is 0.481 e. The Morgan fingerprint density at radius 2 is 0.923 bits per heavy atom. The van der Waals surface area contributed by atoms with Gasteiger partial charge in [0.25, 0.3) is 5.97 Å². The van der Waals surface area contributed by atoms with E-state index in [1.807, 2.05) is 0 Å². The van der Waals surface area contributed by atoms with Gasteiger partial charge in [-0.2, -0.15) is 0 Å². The molecule has 0 aromatic carbocycles. The first-order chi connectivity index (χ1) is 6.23. The van der Waals surface area contributed by atoms with E-state index in [9.17, 15) is 0 Å². The maximum Gasteiger partial charge on any atom is 0.300 e. The van der Waals surface area contributed by atoms with E-state index in [0.717, 1.165) is 21.1 Å². The normalized spacial score (nSPS) is 12.1. The first kappa shape index (κ1) is 18.2. The molecule has 0 saturated heterocycles. The second-order valence-corrected chi connectivity index (χ2v) is 2.29. The lowest BCUT2D eigenvalue weighted by Gasteiger charge is -1.67. The Hall–Kier alpha value is -0.610. The third-order valence-corrected chi connectivity index (χ3v) is 1.25. The molecule has 1 rings (SSSR count). The number of rotatable bonds is 0. The standard InChI is InChI=1S/C5H10.C2H4O2.2CH4O/c1-2-4-5-3-1;1-2(3)4;2*1-2/h1-5H2;1H3,(H,3,4);2*2H,1H3. The molecule has 0 aromatic rings. The van der Waals surface area contributed by atoms with E-state index in [1.165, 1.54) is 32.1 Å². The van der Waals surface area contributed by atoms with Crippen molar-refractivity contribution in [2.45, 2.75) is 39.0 Å². The molecule has 0 spiro atoms. The van der Waals surface area contributed by atoms with Gasteiger partial charge in [-0.1, -0.05) is 32.1 Å². The quantitative estimate of drug-likeness (QED) is 0.542. The predicted molar refractivity (Wildman–Crippen MR) is 52.7 cm³/mol. The van der Waals surface area contributed by atoms with Crippen molar-refractivity contribution in [2.24, 2.45) is 0 Å². The summed E-state index contributed by atoms with van der Waals surface area (Å²) in [6, 6.07) is 0. The molecule has 4 nitrogen and oxygen atoms in total. The van der Waals surface area contributed by atoms with Crippen LogP contribution in [0.15, 0.2) is 0 Å². The van der Waals surface area contributed by atoms with Crippen LogP contribution in [0.4, 0.5) is 0 Å². The van der Waals surface area contributed by atoms with Gasteiger partial charge in [-0.05, 0) is 0 Å². The number of aliphatic hydroxyl groups excluding tert-OH is 2. The van der Waals surface area contributed by atoms with E-state index in [4.69, 9.17) is 20.1 Å². The van der Waals surface area contributed by atoms with Gasteiger partial charge in [0, 0.05) is 21.1 Å². The van der Waals surface area contributed by atoms with E-state index in [2.05, 4.69) is 0 Å². The molecule has 82 valence electrons. The minimum atomic E-state index is -0.833. The first-order valence-electron chi connectivity index (χ1n) is 4.32. The highest BCUT2D eigenvalue weighted by Crippen LogP contribution is 2.15. The molecule has 0 aliphatic heterocycles. The summed E-state index contributed by atoms with van der Waals surface area (Å²) in [4.78, 5) is 9.00. The Labute approximate surface area is 80.2 Å². The van der Waals surface area contributed by atoms with E-state index in [0.29, 0.717) is 0 Å². The van der Waals surface area contributed by atoms with Crippen molar-refractivity contribution in [2.75, 3.05) is 14.2 Å². The number of carbonyl (C=O) groups is 1. The summed E-state index contributed by atoms with van der Waals surface area (Å²) in [5, 5.41) is 21.4. The van der Waals surface area contributed by atoms with Gasteiger partial charge >= 0.3 is 0 Å². The SMILES string of the molecule is C1CCCC1.CC(=O)O.CO.CO. The molecule has 3 N–H and O–H groups in total. The highest BCUT2D eigenvalue weighted by molar-refractivity contribution is 5.62. The Morgan fingerprint density at radius 3 is 1.00 bits per heavy atom. The number of carboxylic acid groups (broad SMARTS) is 1. The fraction of sp³-hybridized carbons (Fsp3) is 0.889. The molecular weight excluding hydrogens is 172 g/mol. The summed E-state index contributed by atoms with van der Waals surface area (Å²) < 4.78 is 0. The zero-order valence-corrected chi connectivity index (χ0v) is 8.79. The lowest BCUT2D eigenvalue weighted by Crippen LogP contribution is -1.78. The number of carboxylic acids is 1. The summed E-state index contributed by atoms with van der Waals surface area (Å²) in [6.45, 7) is 1.08. The Balaban J connectivity index is -0.000000114. The lowest BCUT2D eigenvalue weighted by atomic mass is 10.4. The van der Waals surface area contributed by atoms with Crippen LogP contribution in [0.1, 0.15) is 39.0 Å². The molecule has 13 heavy (non-hydrogen) atoms. The van der Waals surface area contributed by atoms with Crippen LogP contribution in [-0.4, -0.2) is 35.5 Å². The van der Waals surface area contributed by atoms with E-state index in [1.54, 1.807) is 0 Å². The van der Waals surface area contributed by atoms with Crippen LogP contribution in [0, 0.1) is 0 Å². The van der Waals surface area contributed by atoms with Crippen LogP contribution in [0.2, 0.25) is 0 Å². The summed E-state index contributed by atoms with van der Waals surface area (Å²) in [7, 11) is 2.00. The summed E-state index contributed by atoms with van der Waals surface area (Å²) >= 11 is 0. The third kappa shape index (κ3) is 52.1. The predicted octanol–water partition coefficient (Wildman–Crippen LogP) is 1.26. The summed E-state index contributed by atoms with van der Waals surface area (Å²) in [6.07, 6.45) is 7.50. The van der Waals surface area contributed by atoms with E-state index >= 15 is 0 Å². The van der Waals surface area contributed by atoms with Crippen molar-refractivity contribution >= 4 is 5.97 Å². The van der Waals surface area contributed by atoms with Crippen LogP contribution in [0.3, 0.4) is 0 Å². The van der Waals surface area contributed by atoms with E-state index < -0.39 is 5.97 Å². The monoisotopic (exact) mass is 194 g/mol. The Kier molecular flexibility index (Phi) is 31.6. The molecule has 1 saturated carbocycles. The highest BCUT2D eigenvalue weighted by Gasteiger charge is 1.95. The molecule has 0 unspecified atom stereocenters. The van der Waals surface area contributed by atoms with Crippen LogP contribution >= 0.6 is 0 Å². The van der Waals surface area contributed by atoms with Crippen LogP contribution in [-0.2, 0) is 4.79 Å². The molecule has 0 aromatic heterocycles.